The van der Waals surface area contributed by atoms with Gasteiger partial charge in [-0.2, -0.15) is 0 Å². The fourth-order valence-corrected chi connectivity index (χ4v) is 2.40. The van der Waals surface area contributed by atoms with Crippen LogP contribution in [-0.2, 0) is 11.3 Å². The number of hydrogen-bond donors (Lipinski definition) is 3. The number of anilines is 2. The number of carbonyl (C=O) groups excluding carboxylic acids is 2. The highest BCUT2D eigenvalue weighted by Crippen LogP contribution is 2.12. The molecule has 3 aromatic rings. The Morgan fingerprint density at radius 3 is 2.61 bits per heavy atom. The van der Waals surface area contributed by atoms with Gasteiger partial charge in [0.05, 0.1) is 0 Å². The summed E-state index contributed by atoms with van der Waals surface area (Å²) < 4.78 is 0. The summed E-state index contributed by atoms with van der Waals surface area (Å²) in [6, 6.07) is 13.9. The van der Waals surface area contributed by atoms with E-state index in [0.29, 0.717) is 23.6 Å². The van der Waals surface area contributed by atoms with Crippen molar-refractivity contribution in [2.24, 2.45) is 0 Å². The molecule has 0 spiro atoms. The number of nitrogens with one attached hydrogen (secondary N) is 2. The van der Waals surface area contributed by atoms with Gasteiger partial charge < -0.3 is 16.4 Å². The minimum atomic E-state index is -0.249. The lowest BCUT2D eigenvalue weighted by molar-refractivity contribution is -0.116. The summed E-state index contributed by atoms with van der Waals surface area (Å²) in [6.45, 7) is 0.360. The number of nitrogens with two attached hydrogens (primary N) is 1. The molecule has 2 amide bonds. The number of amides is 2. The van der Waals surface area contributed by atoms with Crippen LogP contribution in [0.25, 0.3) is 6.08 Å². The number of pyridine rings is 2. The van der Waals surface area contributed by atoms with Crippen LogP contribution in [0.1, 0.15) is 21.5 Å². The molecule has 0 saturated carbocycles. The first-order chi connectivity index (χ1) is 13.6. The van der Waals surface area contributed by atoms with E-state index in [1.165, 1.54) is 12.3 Å². The Bertz CT molecular complexity index is 985. The zero-order chi connectivity index (χ0) is 19.8. The van der Waals surface area contributed by atoms with E-state index in [1.54, 1.807) is 60.9 Å². The first kappa shape index (κ1) is 18.8. The van der Waals surface area contributed by atoms with Crippen molar-refractivity contribution in [3.8, 4) is 0 Å². The largest absolute Gasteiger partial charge is 0.384 e. The highest BCUT2D eigenvalue weighted by Gasteiger charge is 2.07. The van der Waals surface area contributed by atoms with Gasteiger partial charge in [0, 0.05) is 48.5 Å². The van der Waals surface area contributed by atoms with E-state index in [2.05, 4.69) is 20.6 Å². The summed E-state index contributed by atoms with van der Waals surface area (Å²) in [4.78, 5) is 32.0. The van der Waals surface area contributed by atoms with E-state index in [1.807, 2.05) is 6.07 Å². The van der Waals surface area contributed by atoms with Crippen LogP contribution in [0.4, 0.5) is 11.5 Å². The molecule has 0 atom stereocenters. The van der Waals surface area contributed by atoms with E-state index in [9.17, 15) is 9.59 Å². The van der Waals surface area contributed by atoms with Crippen molar-refractivity contribution in [2.45, 2.75) is 6.54 Å². The van der Waals surface area contributed by atoms with Gasteiger partial charge in [-0.05, 0) is 41.5 Å². The predicted molar refractivity (Wildman–Crippen MR) is 108 cm³/mol. The number of aromatic nitrogens is 2. The van der Waals surface area contributed by atoms with E-state index in [-0.39, 0.29) is 11.8 Å². The molecule has 4 N–H and O–H groups in total. The zero-order valence-corrected chi connectivity index (χ0v) is 15.0. The Balaban J connectivity index is 1.52. The predicted octanol–water partition coefficient (Wildman–Crippen LogP) is 2.64. The number of rotatable bonds is 6. The van der Waals surface area contributed by atoms with Crippen LogP contribution < -0.4 is 16.4 Å². The average molecular weight is 373 g/mol. The molecule has 28 heavy (non-hydrogen) atoms. The SMILES string of the molecule is Nc1cc(NC(=O)c2ccc(CNC(=O)C=Cc3cccnc3)cc2)ccn1. The molecule has 0 radical (unpaired) electrons. The van der Waals surface area contributed by atoms with Crippen molar-refractivity contribution in [3.05, 3.63) is 89.9 Å². The number of benzene rings is 1. The minimum Gasteiger partial charge on any atom is -0.384 e. The summed E-state index contributed by atoms with van der Waals surface area (Å²) in [5.41, 5.74) is 8.41. The van der Waals surface area contributed by atoms with Crippen molar-refractivity contribution >= 4 is 29.4 Å². The summed E-state index contributed by atoms with van der Waals surface area (Å²) in [5, 5.41) is 5.55. The molecule has 1 aromatic carbocycles. The Morgan fingerprint density at radius 1 is 1.07 bits per heavy atom. The first-order valence-corrected chi connectivity index (χ1v) is 8.58. The zero-order valence-electron chi connectivity index (χ0n) is 15.0. The first-order valence-electron chi connectivity index (χ1n) is 8.58. The Kier molecular flexibility index (Phi) is 6.10. The number of hydrogen-bond acceptors (Lipinski definition) is 5. The molecule has 0 aliphatic carbocycles. The van der Waals surface area contributed by atoms with Crippen LogP contribution in [-0.4, -0.2) is 21.8 Å². The van der Waals surface area contributed by atoms with Gasteiger partial charge in [0.25, 0.3) is 5.91 Å². The molecule has 7 nitrogen and oxygen atoms in total. The topological polar surface area (TPSA) is 110 Å². The Hall–Kier alpha value is -4.00. The van der Waals surface area contributed by atoms with Crippen LogP contribution in [0.2, 0.25) is 0 Å². The lowest BCUT2D eigenvalue weighted by atomic mass is 10.1. The van der Waals surface area contributed by atoms with Gasteiger partial charge in [0.1, 0.15) is 5.82 Å². The van der Waals surface area contributed by atoms with Gasteiger partial charge in [0.15, 0.2) is 0 Å². The van der Waals surface area contributed by atoms with Crippen LogP contribution in [0.3, 0.4) is 0 Å². The number of carbonyl (C=O) groups is 2. The third-order valence-electron chi connectivity index (χ3n) is 3.83. The van der Waals surface area contributed by atoms with Crippen LogP contribution in [0.15, 0.2) is 73.2 Å². The van der Waals surface area contributed by atoms with Gasteiger partial charge in [-0.15, -0.1) is 0 Å². The van der Waals surface area contributed by atoms with Crippen molar-refractivity contribution in [2.75, 3.05) is 11.1 Å². The summed E-state index contributed by atoms with van der Waals surface area (Å²) in [6.07, 6.45) is 8.03. The molecule has 2 aromatic heterocycles. The molecule has 3 rings (SSSR count). The lowest BCUT2D eigenvalue weighted by Gasteiger charge is -2.07. The van der Waals surface area contributed by atoms with E-state index in [4.69, 9.17) is 5.73 Å². The molecule has 7 heteroatoms. The molecule has 0 bridgehead atoms. The molecule has 0 saturated heterocycles. The smallest absolute Gasteiger partial charge is 0.255 e. The maximum absolute atomic E-state index is 12.3. The highest BCUT2D eigenvalue weighted by molar-refractivity contribution is 6.04. The fourth-order valence-electron chi connectivity index (χ4n) is 2.40. The second kappa shape index (κ2) is 9.09. The maximum atomic E-state index is 12.3. The maximum Gasteiger partial charge on any atom is 0.255 e. The Morgan fingerprint density at radius 2 is 1.89 bits per heavy atom. The fraction of sp³-hybridized carbons (Fsp3) is 0.0476. The monoisotopic (exact) mass is 373 g/mol. The quantitative estimate of drug-likeness (QED) is 0.576. The van der Waals surface area contributed by atoms with Crippen molar-refractivity contribution in [3.63, 3.8) is 0 Å². The van der Waals surface area contributed by atoms with E-state index < -0.39 is 0 Å². The van der Waals surface area contributed by atoms with Crippen molar-refractivity contribution in [1.82, 2.24) is 15.3 Å². The molecule has 140 valence electrons. The third-order valence-corrected chi connectivity index (χ3v) is 3.83. The number of nitrogens with zero attached hydrogens (tertiary/aromatic N) is 2. The molecule has 0 aliphatic heterocycles. The number of nitrogen functional groups attached to an aromatic ring is 1. The van der Waals surface area contributed by atoms with Crippen LogP contribution in [0.5, 0.6) is 0 Å². The van der Waals surface area contributed by atoms with Crippen LogP contribution >= 0.6 is 0 Å². The van der Waals surface area contributed by atoms with Gasteiger partial charge in [0.2, 0.25) is 5.91 Å². The van der Waals surface area contributed by atoms with E-state index in [0.717, 1.165) is 11.1 Å². The summed E-state index contributed by atoms with van der Waals surface area (Å²) in [5.74, 6) is -0.122. The Labute approximate surface area is 162 Å². The standard InChI is InChI=1S/C21H19N5O2/c22-19-12-18(9-11-24-19)26-21(28)17-6-3-16(4-7-17)14-25-20(27)8-5-15-2-1-10-23-13-15/h1-13H,14H2,(H,25,27)(H3,22,24,26,28). The van der Waals surface area contributed by atoms with E-state index >= 15 is 0 Å². The molecule has 2 heterocycles. The van der Waals surface area contributed by atoms with Gasteiger partial charge in [-0.1, -0.05) is 18.2 Å². The molecular formula is C21H19N5O2. The molecule has 0 fully saturated rings. The van der Waals surface area contributed by atoms with Crippen molar-refractivity contribution < 1.29 is 9.59 Å². The highest BCUT2D eigenvalue weighted by atomic mass is 16.2. The minimum absolute atomic E-state index is 0.207. The normalized spacial score (nSPS) is 10.6. The molecular weight excluding hydrogens is 354 g/mol. The second-order valence-electron chi connectivity index (χ2n) is 5.96. The van der Waals surface area contributed by atoms with Crippen molar-refractivity contribution in [1.29, 1.82) is 0 Å². The van der Waals surface area contributed by atoms with Gasteiger partial charge in [-0.3, -0.25) is 14.6 Å². The second-order valence-corrected chi connectivity index (χ2v) is 5.96. The van der Waals surface area contributed by atoms with Crippen LogP contribution in [0, 0.1) is 0 Å². The summed E-state index contributed by atoms with van der Waals surface area (Å²) in [7, 11) is 0. The molecule has 0 aliphatic rings. The third kappa shape index (κ3) is 5.50. The van der Waals surface area contributed by atoms with Gasteiger partial charge in [-0.25, -0.2) is 4.98 Å². The summed E-state index contributed by atoms with van der Waals surface area (Å²) >= 11 is 0. The average Bonchev–Trinajstić information content (AvgIpc) is 2.72. The molecule has 0 unspecified atom stereocenters. The lowest BCUT2D eigenvalue weighted by Crippen LogP contribution is -2.20. The van der Waals surface area contributed by atoms with Gasteiger partial charge >= 0.3 is 0 Å².